The molecule has 0 spiro atoms. The second kappa shape index (κ2) is 7.92. The number of aryl methyl sites for hydroxylation is 2. The Bertz CT molecular complexity index is 908. The molecular formula is C19H22N4O2S2. The van der Waals surface area contributed by atoms with Gasteiger partial charge in [-0.15, -0.1) is 22.7 Å². The Morgan fingerprint density at radius 2 is 2.11 bits per heavy atom. The van der Waals surface area contributed by atoms with E-state index in [-0.39, 0.29) is 5.91 Å². The number of carbonyl (C=O) groups is 1. The first-order chi connectivity index (χ1) is 13.1. The van der Waals surface area contributed by atoms with Gasteiger partial charge in [-0.2, -0.15) is 4.98 Å². The Morgan fingerprint density at radius 1 is 1.30 bits per heavy atom. The van der Waals surface area contributed by atoms with E-state index in [1.807, 2.05) is 22.4 Å². The zero-order valence-electron chi connectivity index (χ0n) is 15.5. The number of piperazine rings is 1. The largest absolute Gasteiger partial charge is 0.338 e. The van der Waals surface area contributed by atoms with Crippen LogP contribution in [0.5, 0.6) is 0 Å². The molecule has 142 valence electrons. The molecule has 8 heteroatoms. The van der Waals surface area contributed by atoms with Gasteiger partial charge >= 0.3 is 0 Å². The Labute approximate surface area is 166 Å². The average Bonchev–Trinajstić information content (AvgIpc) is 3.42. The van der Waals surface area contributed by atoms with Gasteiger partial charge in [0.1, 0.15) is 0 Å². The summed E-state index contributed by atoms with van der Waals surface area (Å²) in [6.07, 6.45) is 0.973. The number of rotatable bonds is 5. The van der Waals surface area contributed by atoms with Crippen molar-refractivity contribution < 1.29 is 9.32 Å². The zero-order chi connectivity index (χ0) is 18.8. The van der Waals surface area contributed by atoms with Gasteiger partial charge in [-0.05, 0) is 36.4 Å². The third-order valence-corrected chi connectivity index (χ3v) is 6.79. The second-order valence-electron chi connectivity index (χ2n) is 6.60. The van der Waals surface area contributed by atoms with Gasteiger partial charge in [0, 0.05) is 31.1 Å². The highest BCUT2D eigenvalue weighted by atomic mass is 32.1. The summed E-state index contributed by atoms with van der Waals surface area (Å²) in [5, 5.41) is 6.06. The van der Waals surface area contributed by atoms with E-state index in [9.17, 15) is 4.79 Å². The van der Waals surface area contributed by atoms with E-state index in [2.05, 4.69) is 35.0 Å². The quantitative estimate of drug-likeness (QED) is 0.651. The molecule has 0 bridgehead atoms. The fraction of sp³-hybridized carbons (Fsp3) is 0.421. The lowest BCUT2D eigenvalue weighted by atomic mass is 10.2. The monoisotopic (exact) mass is 402 g/mol. The molecule has 3 aromatic rings. The molecule has 0 saturated carbocycles. The Hall–Kier alpha value is -2.03. The van der Waals surface area contributed by atoms with Gasteiger partial charge < -0.3 is 9.42 Å². The lowest BCUT2D eigenvalue weighted by Crippen LogP contribution is -2.48. The molecule has 0 radical (unpaired) electrons. The second-order valence-corrected chi connectivity index (χ2v) is 8.81. The fourth-order valence-electron chi connectivity index (χ4n) is 3.26. The van der Waals surface area contributed by atoms with E-state index in [0.29, 0.717) is 18.3 Å². The minimum atomic E-state index is 0.153. The Kier molecular flexibility index (Phi) is 5.38. The van der Waals surface area contributed by atoms with Gasteiger partial charge in [0.15, 0.2) is 0 Å². The predicted octanol–water partition coefficient (Wildman–Crippen LogP) is 3.69. The van der Waals surface area contributed by atoms with Crippen LogP contribution in [0.15, 0.2) is 28.1 Å². The van der Waals surface area contributed by atoms with Crippen molar-refractivity contribution in [3.8, 4) is 10.7 Å². The third kappa shape index (κ3) is 3.97. The first-order valence-electron chi connectivity index (χ1n) is 9.11. The summed E-state index contributed by atoms with van der Waals surface area (Å²) < 4.78 is 5.39. The summed E-state index contributed by atoms with van der Waals surface area (Å²) in [5.41, 5.74) is 1.28. The van der Waals surface area contributed by atoms with E-state index in [1.165, 1.54) is 10.4 Å². The van der Waals surface area contributed by atoms with Gasteiger partial charge in [0.25, 0.3) is 5.91 Å². The molecule has 0 aromatic carbocycles. The van der Waals surface area contributed by atoms with Crippen LogP contribution in [0.4, 0.5) is 0 Å². The molecular weight excluding hydrogens is 380 g/mol. The number of hydrogen-bond donors (Lipinski definition) is 0. The van der Waals surface area contributed by atoms with Gasteiger partial charge in [-0.25, -0.2) is 0 Å². The van der Waals surface area contributed by atoms with Crippen molar-refractivity contribution in [2.24, 2.45) is 0 Å². The van der Waals surface area contributed by atoms with E-state index >= 15 is 0 Å². The molecule has 1 amide bonds. The lowest BCUT2D eigenvalue weighted by molar-refractivity contribution is 0.0619. The molecule has 0 atom stereocenters. The summed E-state index contributed by atoms with van der Waals surface area (Å²) in [7, 11) is 0. The fourth-order valence-corrected chi connectivity index (χ4v) is 4.99. The van der Waals surface area contributed by atoms with Crippen LogP contribution in [0.1, 0.15) is 32.9 Å². The Morgan fingerprint density at radius 3 is 2.78 bits per heavy atom. The van der Waals surface area contributed by atoms with Gasteiger partial charge in [-0.1, -0.05) is 18.1 Å². The van der Waals surface area contributed by atoms with Crippen molar-refractivity contribution in [1.82, 2.24) is 19.9 Å². The van der Waals surface area contributed by atoms with Crippen molar-refractivity contribution in [3.05, 3.63) is 44.8 Å². The summed E-state index contributed by atoms with van der Waals surface area (Å²) in [6, 6.07) is 6.02. The van der Waals surface area contributed by atoms with Crippen LogP contribution >= 0.6 is 22.7 Å². The van der Waals surface area contributed by atoms with Crippen LogP contribution in [-0.2, 0) is 13.0 Å². The maximum Gasteiger partial charge on any atom is 0.264 e. The molecule has 1 aliphatic rings. The molecule has 0 unspecified atom stereocenters. The average molecular weight is 403 g/mol. The summed E-state index contributed by atoms with van der Waals surface area (Å²) in [4.78, 5) is 24.6. The van der Waals surface area contributed by atoms with E-state index in [4.69, 9.17) is 4.52 Å². The van der Waals surface area contributed by atoms with Crippen LogP contribution in [-0.4, -0.2) is 52.0 Å². The standard InChI is InChI=1S/C19H22N4O2S2/c1-3-14-11-16(27-13(14)2)19(24)23-8-6-22(7-9-23)12-17-20-18(21-25-17)15-5-4-10-26-15/h4-5,10-11H,3,6-9,12H2,1-2H3. The normalized spacial score (nSPS) is 15.4. The van der Waals surface area contributed by atoms with Gasteiger partial charge in [-0.3, -0.25) is 9.69 Å². The Balaban J connectivity index is 1.33. The van der Waals surface area contributed by atoms with Crippen LogP contribution < -0.4 is 0 Å². The van der Waals surface area contributed by atoms with Crippen molar-refractivity contribution >= 4 is 28.6 Å². The number of aromatic nitrogens is 2. The van der Waals surface area contributed by atoms with E-state index in [1.54, 1.807) is 22.7 Å². The van der Waals surface area contributed by atoms with Crippen molar-refractivity contribution in [3.63, 3.8) is 0 Å². The SMILES string of the molecule is CCc1cc(C(=O)N2CCN(Cc3nc(-c4cccs4)no3)CC2)sc1C. The summed E-state index contributed by atoms with van der Waals surface area (Å²) in [6.45, 7) is 7.92. The zero-order valence-corrected chi connectivity index (χ0v) is 17.1. The van der Waals surface area contributed by atoms with Crippen LogP contribution in [0, 0.1) is 6.92 Å². The highest BCUT2D eigenvalue weighted by molar-refractivity contribution is 7.14. The van der Waals surface area contributed by atoms with Crippen molar-refractivity contribution in [2.45, 2.75) is 26.8 Å². The highest BCUT2D eigenvalue weighted by Crippen LogP contribution is 2.24. The van der Waals surface area contributed by atoms with Crippen molar-refractivity contribution in [1.29, 1.82) is 0 Å². The molecule has 4 heterocycles. The minimum Gasteiger partial charge on any atom is -0.338 e. The predicted molar refractivity (Wildman–Crippen MR) is 107 cm³/mol. The molecule has 0 aliphatic carbocycles. The number of nitrogens with zero attached hydrogens (tertiary/aromatic N) is 4. The highest BCUT2D eigenvalue weighted by Gasteiger charge is 2.25. The molecule has 1 aliphatic heterocycles. The summed E-state index contributed by atoms with van der Waals surface area (Å²) in [5.74, 6) is 1.42. The molecule has 6 nitrogen and oxygen atoms in total. The molecule has 0 N–H and O–H groups in total. The number of hydrogen-bond acceptors (Lipinski definition) is 7. The van der Waals surface area contributed by atoms with E-state index in [0.717, 1.165) is 42.4 Å². The van der Waals surface area contributed by atoms with Gasteiger partial charge in [0.2, 0.25) is 11.7 Å². The number of thiophene rings is 2. The third-order valence-electron chi connectivity index (χ3n) is 4.84. The maximum atomic E-state index is 12.8. The van der Waals surface area contributed by atoms with Gasteiger partial charge in [0.05, 0.1) is 16.3 Å². The topological polar surface area (TPSA) is 62.5 Å². The van der Waals surface area contributed by atoms with Crippen LogP contribution in [0.2, 0.25) is 0 Å². The smallest absolute Gasteiger partial charge is 0.264 e. The first kappa shape index (κ1) is 18.3. The van der Waals surface area contributed by atoms with Crippen molar-refractivity contribution in [2.75, 3.05) is 26.2 Å². The number of amides is 1. The lowest BCUT2D eigenvalue weighted by Gasteiger charge is -2.33. The number of carbonyl (C=O) groups excluding carboxylic acids is 1. The molecule has 3 aromatic heterocycles. The summed E-state index contributed by atoms with van der Waals surface area (Å²) >= 11 is 3.21. The molecule has 1 fully saturated rings. The van der Waals surface area contributed by atoms with Crippen LogP contribution in [0.25, 0.3) is 10.7 Å². The maximum absolute atomic E-state index is 12.8. The first-order valence-corrected chi connectivity index (χ1v) is 10.8. The minimum absolute atomic E-state index is 0.153. The van der Waals surface area contributed by atoms with E-state index < -0.39 is 0 Å². The molecule has 4 rings (SSSR count). The molecule has 1 saturated heterocycles. The molecule has 27 heavy (non-hydrogen) atoms. The van der Waals surface area contributed by atoms with Crippen LogP contribution in [0.3, 0.4) is 0 Å².